The fourth-order valence-electron chi connectivity index (χ4n) is 2.05. The first-order valence-electron chi connectivity index (χ1n) is 6.02. The molecule has 5 nitrogen and oxygen atoms in total. The Hall–Kier alpha value is -1.20. The molecule has 94 valence electrons. The summed E-state index contributed by atoms with van der Waals surface area (Å²) in [5.41, 5.74) is 6.92. The van der Waals surface area contributed by atoms with Crippen LogP contribution in [0.1, 0.15) is 37.4 Å². The van der Waals surface area contributed by atoms with Gasteiger partial charge >= 0.3 is 0 Å². The quantitative estimate of drug-likeness (QED) is 0.839. The molecule has 1 saturated heterocycles. The predicted molar refractivity (Wildman–Crippen MR) is 63.7 cm³/mol. The molecule has 0 bridgehead atoms. The molecule has 0 aliphatic carbocycles. The molecule has 0 amide bonds. The maximum Gasteiger partial charge on any atom is 0.216 e. The average Bonchev–Trinajstić information content (AvgIpc) is 2.89. The molecule has 0 spiro atoms. The van der Waals surface area contributed by atoms with Crippen molar-refractivity contribution in [3.8, 4) is 5.88 Å². The summed E-state index contributed by atoms with van der Waals surface area (Å²) in [6.07, 6.45) is 6.06. The van der Waals surface area contributed by atoms with Crippen molar-refractivity contribution in [2.24, 2.45) is 5.73 Å². The van der Waals surface area contributed by atoms with Gasteiger partial charge in [0.25, 0.3) is 0 Å². The zero-order valence-corrected chi connectivity index (χ0v) is 10.1. The smallest absolute Gasteiger partial charge is 0.216 e. The van der Waals surface area contributed by atoms with Crippen LogP contribution in [-0.2, 0) is 4.74 Å². The van der Waals surface area contributed by atoms with Crippen molar-refractivity contribution in [1.29, 1.82) is 0 Å². The van der Waals surface area contributed by atoms with Crippen molar-refractivity contribution in [3.63, 3.8) is 0 Å². The summed E-state index contributed by atoms with van der Waals surface area (Å²) in [5.74, 6) is 0.558. The first-order valence-corrected chi connectivity index (χ1v) is 6.02. The number of rotatable bonds is 5. The fourth-order valence-corrected chi connectivity index (χ4v) is 2.05. The Morgan fingerprint density at radius 2 is 2.47 bits per heavy atom. The minimum Gasteiger partial charge on any atom is -0.481 e. The second-order valence-electron chi connectivity index (χ2n) is 4.30. The predicted octanol–water partition coefficient (Wildman–Crippen LogP) is 1.44. The van der Waals surface area contributed by atoms with Gasteiger partial charge in [-0.05, 0) is 25.7 Å². The van der Waals surface area contributed by atoms with Gasteiger partial charge in [0.15, 0.2) is 0 Å². The third-order valence-corrected chi connectivity index (χ3v) is 3.08. The van der Waals surface area contributed by atoms with Crippen LogP contribution in [0.4, 0.5) is 0 Å². The van der Waals surface area contributed by atoms with E-state index in [9.17, 15) is 0 Å². The lowest BCUT2D eigenvalue weighted by Crippen LogP contribution is -2.15. The highest BCUT2D eigenvalue weighted by atomic mass is 16.5. The molecule has 0 saturated carbocycles. The van der Waals surface area contributed by atoms with Crippen LogP contribution in [0.15, 0.2) is 12.4 Å². The Labute approximate surface area is 101 Å². The largest absolute Gasteiger partial charge is 0.481 e. The van der Waals surface area contributed by atoms with Gasteiger partial charge in [0.1, 0.15) is 6.33 Å². The van der Waals surface area contributed by atoms with E-state index in [1.54, 1.807) is 13.2 Å². The van der Waals surface area contributed by atoms with E-state index in [4.69, 9.17) is 15.2 Å². The summed E-state index contributed by atoms with van der Waals surface area (Å²) in [7, 11) is 1.59. The van der Waals surface area contributed by atoms with Gasteiger partial charge in [-0.3, -0.25) is 0 Å². The topological polar surface area (TPSA) is 70.3 Å². The summed E-state index contributed by atoms with van der Waals surface area (Å²) < 4.78 is 10.6. The first kappa shape index (κ1) is 12.3. The van der Waals surface area contributed by atoms with Crippen molar-refractivity contribution in [3.05, 3.63) is 18.1 Å². The molecule has 2 atom stereocenters. The van der Waals surface area contributed by atoms with Gasteiger partial charge in [0.05, 0.1) is 18.9 Å². The molecule has 2 unspecified atom stereocenters. The Kier molecular flexibility index (Phi) is 4.28. The summed E-state index contributed by atoms with van der Waals surface area (Å²) in [4.78, 5) is 8.14. The van der Waals surface area contributed by atoms with Crippen LogP contribution in [0.2, 0.25) is 0 Å². The lowest BCUT2D eigenvalue weighted by molar-refractivity contribution is 0.101. The Morgan fingerprint density at radius 3 is 3.18 bits per heavy atom. The molecule has 17 heavy (non-hydrogen) atoms. The highest BCUT2D eigenvalue weighted by Gasteiger charge is 2.17. The number of nitrogens with zero attached hydrogens (tertiary/aromatic N) is 2. The molecular formula is C12H19N3O2. The summed E-state index contributed by atoms with van der Waals surface area (Å²) in [6.45, 7) is 0.890. The second-order valence-corrected chi connectivity index (χ2v) is 4.30. The molecule has 5 heteroatoms. The van der Waals surface area contributed by atoms with E-state index < -0.39 is 0 Å². The van der Waals surface area contributed by atoms with Gasteiger partial charge in [-0.25, -0.2) is 9.97 Å². The third-order valence-electron chi connectivity index (χ3n) is 3.08. The molecular weight excluding hydrogens is 218 g/mol. The Bertz CT molecular complexity index is 353. The van der Waals surface area contributed by atoms with Crippen LogP contribution in [0.25, 0.3) is 0 Å². The maximum absolute atomic E-state index is 6.10. The van der Waals surface area contributed by atoms with Crippen molar-refractivity contribution in [2.45, 2.75) is 37.8 Å². The van der Waals surface area contributed by atoms with Gasteiger partial charge in [-0.15, -0.1) is 0 Å². The van der Waals surface area contributed by atoms with Gasteiger partial charge in [0.2, 0.25) is 5.88 Å². The van der Waals surface area contributed by atoms with Crippen LogP contribution >= 0.6 is 0 Å². The van der Waals surface area contributed by atoms with E-state index in [1.165, 1.54) is 12.7 Å². The number of methoxy groups -OCH3 is 1. The standard InChI is InChI=1S/C12H19N3O2/c1-16-12-7-11(14-8-15-12)10(13)5-4-9-3-2-6-17-9/h7-10H,2-6,13H2,1H3. The summed E-state index contributed by atoms with van der Waals surface area (Å²) in [6, 6.07) is 1.72. The fraction of sp³-hybridized carbons (Fsp3) is 0.667. The highest BCUT2D eigenvalue weighted by Crippen LogP contribution is 2.22. The molecule has 2 rings (SSSR count). The van der Waals surface area contributed by atoms with Gasteiger partial charge in [-0.1, -0.05) is 0 Å². The monoisotopic (exact) mass is 237 g/mol. The second kappa shape index (κ2) is 5.93. The minimum atomic E-state index is -0.0731. The Balaban J connectivity index is 1.87. The van der Waals surface area contributed by atoms with Crippen molar-refractivity contribution in [2.75, 3.05) is 13.7 Å². The zero-order valence-electron chi connectivity index (χ0n) is 10.1. The minimum absolute atomic E-state index is 0.0731. The third kappa shape index (κ3) is 3.38. The number of hydrogen-bond acceptors (Lipinski definition) is 5. The molecule has 1 aromatic heterocycles. The van der Waals surface area contributed by atoms with E-state index in [0.717, 1.165) is 31.6 Å². The van der Waals surface area contributed by atoms with Crippen LogP contribution in [0.3, 0.4) is 0 Å². The molecule has 0 radical (unpaired) electrons. The molecule has 1 aromatic rings. The van der Waals surface area contributed by atoms with Crippen molar-refractivity contribution in [1.82, 2.24) is 9.97 Å². The highest BCUT2D eigenvalue weighted by molar-refractivity contribution is 5.16. The first-order chi connectivity index (χ1) is 8.29. The van der Waals surface area contributed by atoms with Crippen molar-refractivity contribution < 1.29 is 9.47 Å². The van der Waals surface area contributed by atoms with Gasteiger partial charge < -0.3 is 15.2 Å². The molecule has 1 fully saturated rings. The molecule has 0 aromatic carbocycles. The SMILES string of the molecule is COc1cc(C(N)CCC2CCCO2)ncn1. The number of nitrogens with two attached hydrogens (primary N) is 1. The van der Waals surface area contributed by atoms with E-state index in [0.29, 0.717) is 12.0 Å². The van der Waals surface area contributed by atoms with Crippen molar-refractivity contribution >= 4 is 0 Å². The number of aromatic nitrogens is 2. The van der Waals surface area contributed by atoms with E-state index in [-0.39, 0.29) is 6.04 Å². The van der Waals surface area contributed by atoms with Crippen LogP contribution in [0, 0.1) is 0 Å². The lowest BCUT2D eigenvalue weighted by Gasteiger charge is -2.14. The van der Waals surface area contributed by atoms with Crippen LogP contribution < -0.4 is 10.5 Å². The summed E-state index contributed by atoms with van der Waals surface area (Å²) >= 11 is 0. The average molecular weight is 237 g/mol. The van der Waals surface area contributed by atoms with E-state index in [2.05, 4.69) is 9.97 Å². The van der Waals surface area contributed by atoms with E-state index in [1.807, 2.05) is 0 Å². The Morgan fingerprint density at radius 1 is 1.59 bits per heavy atom. The molecule has 1 aliphatic rings. The van der Waals surface area contributed by atoms with Crippen LogP contribution in [0.5, 0.6) is 5.88 Å². The number of hydrogen-bond donors (Lipinski definition) is 1. The van der Waals surface area contributed by atoms with E-state index >= 15 is 0 Å². The number of ether oxygens (including phenoxy) is 2. The molecule has 2 N–H and O–H groups in total. The molecule has 2 heterocycles. The zero-order chi connectivity index (χ0) is 12.1. The van der Waals surface area contributed by atoms with Gasteiger partial charge in [-0.2, -0.15) is 0 Å². The maximum atomic E-state index is 6.10. The normalized spacial score (nSPS) is 21.4. The van der Waals surface area contributed by atoms with Gasteiger partial charge in [0, 0.05) is 18.7 Å². The lowest BCUT2D eigenvalue weighted by atomic mass is 10.0. The summed E-state index contributed by atoms with van der Waals surface area (Å²) in [5, 5.41) is 0. The van der Waals surface area contributed by atoms with Crippen LogP contribution in [-0.4, -0.2) is 29.8 Å². The molecule has 1 aliphatic heterocycles.